The van der Waals surface area contributed by atoms with E-state index in [0.29, 0.717) is 21.8 Å². The molecule has 1 aromatic heterocycles. The van der Waals surface area contributed by atoms with Gasteiger partial charge in [-0.2, -0.15) is 0 Å². The average Bonchev–Trinajstić information content (AvgIpc) is 2.87. The van der Waals surface area contributed by atoms with Gasteiger partial charge in [-0.1, -0.05) is 12.1 Å². The zero-order valence-corrected chi connectivity index (χ0v) is 16.1. The van der Waals surface area contributed by atoms with Crippen LogP contribution in [-0.4, -0.2) is 30.8 Å². The summed E-state index contributed by atoms with van der Waals surface area (Å²) in [6, 6.07) is 6.94. The van der Waals surface area contributed by atoms with E-state index < -0.39 is 5.97 Å². The number of ketones is 1. The fourth-order valence-electron chi connectivity index (χ4n) is 2.37. The van der Waals surface area contributed by atoms with Crippen molar-refractivity contribution in [3.8, 4) is 0 Å². The van der Waals surface area contributed by atoms with Crippen molar-refractivity contribution in [1.29, 1.82) is 0 Å². The second-order valence-electron chi connectivity index (χ2n) is 5.75. The van der Waals surface area contributed by atoms with E-state index >= 15 is 0 Å². The Balaban J connectivity index is 2.06. The van der Waals surface area contributed by atoms with Gasteiger partial charge in [0.05, 0.1) is 18.7 Å². The van der Waals surface area contributed by atoms with Crippen molar-refractivity contribution in [2.45, 2.75) is 27.7 Å². The van der Waals surface area contributed by atoms with E-state index in [1.54, 1.807) is 31.2 Å². The van der Waals surface area contributed by atoms with Crippen molar-refractivity contribution in [3.63, 3.8) is 0 Å². The number of esters is 1. The molecule has 138 valence electrons. The third-order valence-electron chi connectivity index (χ3n) is 3.84. The second-order valence-corrected chi connectivity index (χ2v) is 6.97. The molecule has 26 heavy (non-hydrogen) atoms. The Morgan fingerprint density at radius 1 is 1.19 bits per heavy atom. The molecule has 0 unspecified atom stereocenters. The zero-order chi connectivity index (χ0) is 19.3. The first kappa shape index (κ1) is 19.7. The lowest BCUT2D eigenvalue weighted by Gasteiger charge is -2.09. The molecule has 7 heteroatoms. The van der Waals surface area contributed by atoms with Crippen LogP contribution in [0, 0.1) is 13.8 Å². The average molecular weight is 374 g/mol. The normalized spacial score (nSPS) is 10.3. The number of hydrogen-bond donors (Lipinski definition) is 2. The van der Waals surface area contributed by atoms with Gasteiger partial charge in [0, 0.05) is 16.1 Å². The maximum Gasteiger partial charge on any atom is 0.341 e. The number of ether oxygens (including phenoxy) is 1. The Labute approximate surface area is 156 Å². The first-order valence-corrected chi connectivity index (χ1v) is 9.07. The maximum atomic E-state index is 12.3. The van der Waals surface area contributed by atoms with E-state index in [1.165, 1.54) is 18.3 Å². The van der Waals surface area contributed by atoms with Gasteiger partial charge in [0.25, 0.3) is 0 Å². The van der Waals surface area contributed by atoms with Crippen LogP contribution in [0.1, 0.15) is 45.0 Å². The number of nitrogens with one attached hydrogen (secondary N) is 2. The van der Waals surface area contributed by atoms with Gasteiger partial charge in [-0.15, -0.1) is 11.3 Å². The summed E-state index contributed by atoms with van der Waals surface area (Å²) in [6.07, 6.45) is 0. The van der Waals surface area contributed by atoms with Crippen LogP contribution in [0.25, 0.3) is 0 Å². The summed E-state index contributed by atoms with van der Waals surface area (Å²) in [6.45, 7) is 7.24. The molecule has 1 amide bonds. The summed E-state index contributed by atoms with van der Waals surface area (Å²) >= 11 is 1.35. The highest BCUT2D eigenvalue weighted by molar-refractivity contribution is 7.16. The number of thiophene rings is 1. The molecule has 0 fully saturated rings. The SMILES string of the molecule is CCOC(=O)c1c(NC(=O)CNc2cccc(C(C)=O)c2)sc(C)c1C. The molecule has 2 N–H and O–H groups in total. The van der Waals surface area contributed by atoms with Crippen molar-refractivity contribution < 1.29 is 19.1 Å². The molecule has 2 rings (SSSR count). The predicted octanol–water partition coefficient (Wildman–Crippen LogP) is 3.79. The monoisotopic (exact) mass is 374 g/mol. The number of aryl methyl sites for hydroxylation is 1. The van der Waals surface area contributed by atoms with Crippen molar-refractivity contribution >= 4 is 39.7 Å². The number of benzene rings is 1. The van der Waals surface area contributed by atoms with Crippen molar-refractivity contribution in [3.05, 3.63) is 45.8 Å². The van der Waals surface area contributed by atoms with Crippen molar-refractivity contribution in [1.82, 2.24) is 0 Å². The van der Waals surface area contributed by atoms with Crippen LogP contribution in [0.2, 0.25) is 0 Å². The topological polar surface area (TPSA) is 84.5 Å². The number of anilines is 2. The molecule has 0 aliphatic rings. The number of carbonyl (C=O) groups is 3. The molecule has 0 saturated carbocycles. The Morgan fingerprint density at radius 2 is 1.92 bits per heavy atom. The number of hydrogen-bond acceptors (Lipinski definition) is 6. The van der Waals surface area contributed by atoms with Gasteiger partial charge >= 0.3 is 5.97 Å². The quantitative estimate of drug-likeness (QED) is 0.569. The largest absolute Gasteiger partial charge is 0.462 e. The standard InChI is InChI=1S/C19H22N2O4S/c1-5-25-19(24)17-11(2)13(4)26-18(17)21-16(23)10-20-15-8-6-7-14(9-15)12(3)22/h6-9,20H,5,10H2,1-4H3,(H,21,23). The first-order chi connectivity index (χ1) is 12.3. The molecule has 1 heterocycles. The highest BCUT2D eigenvalue weighted by Gasteiger charge is 2.21. The van der Waals surface area contributed by atoms with Crippen LogP contribution >= 0.6 is 11.3 Å². The van der Waals surface area contributed by atoms with Crippen LogP contribution in [0.5, 0.6) is 0 Å². The summed E-state index contributed by atoms with van der Waals surface area (Å²) in [5, 5.41) is 6.24. The predicted molar refractivity (Wildman–Crippen MR) is 103 cm³/mol. The lowest BCUT2D eigenvalue weighted by atomic mass is 10.1. The van der Waals surface area contributed by atoms with Gasteiger partial charge < -0.3 is 15.4 Å². The fourth-order valence-corrected chi connectivity index (χ4v) is 3.43. The number of carbonyl (C=O) groups excluding carboxylic acids is 3. The second kappa shape index (κ2) is 8.62. The Hall–Kier alpha value is -2.67. The minimum absolute atomic E-state index is 0.0135. The Bertz CT molecular complexity index is 842. The van der Waals surface area contributed by atoms with Crippen molar-refractivity contribution in [2.75, 3.05) is 23.8 Å². The highest BCUT2D eigenvalue weighted by atomic mass is 32.1. The summed E-state index contributed by atoms with van der Waals surface area (Å²) in [5.74, 6) is -0.765. The minimum atomic E-state index is -0.438. The molecule has 1 aromatic carbocycles. The van der Waals surface area contributed by atoms with Gasteiger partial charge in [-0.05, 0) is 45.4 Å². The number of rotatable bonds is 7. The number of amides is 1. The van der Waals surface area contributed by atoms with Crippen LogP contribution in [-0.2, 0) is 9.53 Å². The highest BCUT2D eigenvalue weighted by Crippen LogP contribution is 2.33. The van der Waals surface area contributed by atoms with Gasteiger partial charge in [-0.3, -0.25) is 9.59 Å². The van der Waals surface area contributed by atoms with Crippen LogP contribution in [0.4, 0.5) is 10.7 Å². The molecule has 2 aromatic rings. The summed E-state index contributed by atoms with van der Waals surface area (Å²) < 4.78 is 5.08. The molecule has 0 spiro atoms. The first-order valence-electron chi connectivity index (χ1n) is 8.25. The number of Topliss-reactive ketones (excluding diaryl/α,β-unsaturated/α-hetero) is 1. The van der Waals surface area contributed by atoms with Gasteiger partial charge in [0.1, 0.15) is 5.00 Å². The van der Waals surface area contributed by atoms with Crippen LogP contribution in [0.15, 0.2) is 24.3 Å². The summed E-state index contributed by atoms with van der Waals surface area (Å²) in [7, 11) is 0. The molecular weight excluding hydrogens is 352 g/mol. The van der Waals surface area contributed by atoms with Gasteiger partial charge in [0.2, 0.25) is 5.91 Å². The molecule has 0 aliphatic heterocycles. The van der Waals surface area contributed by atoms with Crippen LogP contribution in [0.3, 0.4) is 0 Å². The van der Waals surface area contributed by atoms with E-state index in [1.807, 2.05) is 13.8 Å². The van der Waals surface area contributed by atoms with E-state index in [-0.39, 0.29) is 24.8 Å². The lowest BCUT2D eigenvalue weighted by Crippen LogP contribution is -2.22. The summed E-state index contributed by atoms with van der Waals surface area (Å²) in [5.41, 5.74) is 2.47. The third-order valence-corrected chi connectivity index (χ3v) is 4.96. The van der Waals surface area contributed by atoms with Crippen molar-refractivity contribution in [2.24, 2.45) is 0 Å². The summed E-state index contributed by atoms with van der Waals surface area (Å²) in [4.78, 5) is 36.8. The molecule has 0 radical (unpaired) electrons. The molecule has 0 aliphatic carbocycles. The van der Waals surface area contributed by atoms with E-state index in [4.69, 9.17) is 4.74 Å². The lowest BCUT2D eigenvalue weighted by molar-refractivity contribution is -0.114. The molecule has 0 bridgehead atoms. The Morgan fingerprint density at radius 3 is 2.58 bits per heavy atom. The van der Waals surface area contributed by atoms with Gasteiger partial charge in [0.15, 0.2) is 5.78 Å². The molecule has 0 saturated heterocycles. The molecule has 0 atom stereocenters. The van der Waals surface area contributed by atoms with Crippen LogP contribution < -0.4 is 10.6 Å². The van der Waals surface area contributed by atoms with Gasteiger partial charge in [-0.25, -0.2) is 4.79 Å². The Kier molecular flexibility index (Phi) is 6.52. The van der Waals surface area contributed by atoms with E-state index in [0.717, 1.165) is 10.4 Å². The molecule has 6 nitrogen and oxygen atoms in total. The third kappa shape index (κ3) is 4.70. The van der Waals surface area contributed by atoms with E-state index in [2.05, 4.69) is 10.6 Å². The zero-order valence-electron chi connectivity index (χ0n) is 15.3. The fraction of sp³-hybridized carbons (Fsp3) is 0.316. The van der Waals surface area contributed by atoms with E-state index in [9.17, 15) is 14.4 Å². The smallest absolute Gasteiger partial charge is 0.341 e. The minimum Gasteiger partial charge on any atom is -0.462 e. The maximum absolute atomic E-state index is 12.3. The molecular formula is C19H22N2O4S.